The molecule has 1 aliphatic carbocycles. The Morgan fingerprint density at radius 1 is 1.21 bits per heavy atom. The van der Waals surface area contributed by atoms with Crippen molar-refractivity contribution in [2.45, 2.75) is 32.1 Å². The van der Waals surface area contributed by atoms with E-state index in [0.717, 1.165) is 42.1 Å². The number of carbonyl (C=O) groups excluding carboxylic acids is 2. The molecule has 6 nitrogen and oxygen atoms in total. The van der Waals surface area contributed by atoms with Crippen molar-refractivity contribution in [3.63, 3.8) is 0 Å². The van der Waals surface area contributed by atoms with Crippen LogP contribution >= 0.6 is 0 Å². The van der Waals surface area contributed by atoms with Crippen LogP contribution in [0.1, 0.15) is 37.7 Å². The molecule has 2 amide bonds. The van der Waals surface area contributed by atoms with Gasteiger partial charge in [0.15, 0.2) is 0 Å². The van der Waals surface area contributed by atoms with Crippen molar-refractivity contribution >= 4 is 28.9 Å². The third-order valence-electron chi connectivity index (χ3n) is 4.38. The highest BCUT2D eigenvalue weighted by atomic mass is 16.2. The number of aromatic amines is 1. The molecule has 2 aromatic rings. The van der Waals surface area contributed by atoms with Crippen molar-refractivity contribution in [3.05, 3.63) is 36.0 Å². The van der Waals surface area contributed by atoms with E-state index in [1.54, 1.807) is 6.21 Å². The van der Waals surface area contributed by atoms with E-state index in [4.69, 9.17) is 0 Å². The first-order chi connectivity index (χ1) is 11.7. The number of nitrogens with zero attached hydrogens (tertiary/aromatic N) is 1. The van der Waals surface area contributed by atoms with Gasteiger partial charge in [-0.05, 0) is 42.0 Å². The molecule has 126 valence electrons. The lowest BCUT2D eigenvalue weighted by Gasteiger charge is -2.20. The highest BCUT2D eigenvalue weighted by molar-refractivity contribution is 5.90. The van der Waals surface area contributed by atoms with Crippen molar-refractivity contribution in [2.24, 2.45) is 11.0 Å². The third kappa shape index (κ3) is 4.22. The van der Waals surface area contributed by atoms with Crippen LogP contribution in [0.25, 0.3) is 10.9 Å². The summed E-state index contributed by atoms with van der Waals surface area (Å²) in [5.74, 6) is -0.284. The average molecular weight is 326 g/mol. The molecule has 0 spiro atoms. The molecule has 24 heavy (non-hydrogen) atoms. The monoisotopic (exact) mass is 326 g/mol. The minimum Gasteiger partial charge on any atom is -0.361 e. The molecule has 0 atom stereocenters. The molecule has 0 saturated heterocycles. The Balaban J connectivity index is 1.43. The van der Waals surface area contributed by atoms with Crippen LogP contribution in [0.2, 0.25) is 0 Å². The van der Waals surface area contributed by atoms with Crippen LogP contribution in [0, 0.1) is 5.92 Å². The van der Waals surface area contributed by atoms with E-state index < -0.39 is 0 Å². The van der Waals surface area contributed by atoms with Gasteiger partial charge in [-0.3, -0.25) is 9.59 Å². The van der Waals surface area contributed by atoms with E-state index in [1.165, 1.54) is 6.42 Å². The lowest BCUT2D eigenvalue weighted by atomic mass is 9.89. The predicted octanol–water partition coefficient (Wildman–Crippen LogP) is 2.31. The quantitative estimate of drug-likeness (QED) is 0.582. The largest absolute Gasteiger partial charge is 0.361 e. The molecule has 1 saturated carbocycles. The van der Waals surface area contributed by atoms with Gasteiger partial charge in [-0.2, -0.15) is 5.10 Å². The second-order valence-corrected chi connectivity index (χ2v) is 6.17. The summed E-state index contributed by atoms with van der Waals surface area (Å²) in [7, 11) is 0. The summed E-state index contributed by atoms with van der Waals surface area (Å²) in [6.45, 7) is -0.0382. The van der Waals surface area contributed by atoms with E-state index in [2.05, 4.69) is 20.8 Å². The van der Waals surface area contributed by atoms with Crippen molar-refractivity contribution in [2.75, 3.05) is 6.54 Å². The Morgan fingerprint density at radius 2 is 2.04 bits per heavy atom. The number of hydrogen-bond acceptors (Lipinski definition) is 3. The molecule has 1 aromatic carbocycles. The van der Waals surface area contributed by atoms with Crippen molar-refractivity contribution < 1.29 is 9.59 Å². The zero-order valence-electron chi connectivity index (χ0n) is 13.5. The fourth-order valence-electron chi connectivity index (χ4n) is 3.05. The number of hydrazone groups is 1. The molecule has 0 aliphatic heterocycles. The molecular weight excluding hydrogens is 304 g/mol. The smallest absolute Gasteiger partial charge is 0.259 e. The summed E-state index contributed by atoms with van der Waals surface area (Å²) in [4.78, 5) is 26.8. The molecule has 3 rings (SSSR count). The number of nitrogens with one attached hydrogen (secondary N) is 3. The summed E-state index contributed by atoms with van der Waals surface area (Å²) in [5, 5.41) is 7.72. The van der Waals surface area contributed by atoms with Gasteiger partial charge in [-0.1, -0.05) is 25.3 Å². The average Bonchev–Trinajstić information content (AvgIpc) is 3.08. The van der Waals surface area contributed by atoms with Gasteiger partial charge < -0.3 is 10.3 Å². The third-order valence-corrected chi connectivity index (χ3v) is 4.38. The summed E-state index contributed by atoms with van der Waals surface area (Å²) in [6.07, 6.45) is 8.71. The van der Waals surface area contributed by atoms with Crippen LogP contribution in [0.4, 0.5) is 0 Å². The molecule has 0 unspecified atom stereocenters. The second-order valence-electron chi connectivity index (χ2n) is 6.17. The van der Waals surface area contributed by atoms with Gasteiger partial charge in [0, 0.05) is 17.6 Å². The summed E-state index contributed by atoms with van der Waals surface area (Å²) < 4.78 is 0. The number of carbonyl (C=O) groups is 2. The van der Waals surface area contributed by atoms with Crippen LogP contribution in [-0.2, 0) is 9.59 Å². The number of aromatic nitrogens is 1. The molecule has 1 fully saturated rings. The van der Waals surface area contributed by atoms with Gasteiger partial charge in [0.25, 0.3) is 5.91 Å². The molecule has 0 bridgehead atoms. The molecule has 1 aromatic heterocycles. The SMILES string of the molecule is O=C(CNC(=O)C1CCCCC1)N/N=C/c1ccc2[nH]ccc2c1. The van der Waals surface area contributed by atoms with Gasteiger partial charge in [0.1, 0.15) is 0 Å². The fraction of sp³-hybridized carbons (Fsp3) is 0.389. The highest BCUT2D eigenvalue weighted by Crippen LogP contribution is 2.23. The zero-order valence-corrected chi connectivity index (χ0v) is 13.5. The Bertz CT molecular complexity index is 744. The lowest BCUT2D eigenvalue weighted by Crippen LogP contribution is -2.38. The van der Waals surface area contributed by atoms with Gasteiger partial charge >= 0.3 is 0 Å². The Labute approximate surface area is 140 Å². The Kier molecular flexibility index (Phi) is 5.25. The van der Waals surface area contributed by atoms with Crippen molar-refractivity contribution in [1.29, 1.82) is 0 Å². The van der Waals surface area contributed by atoms with Gasteiger partial charge in [0.05, 0.1) is 12.8 Å². The van der Waals surface area contributed by atoms with Crippen molar-refractivity contribution in [1.82, 2.24) is 15.7 Å². The van der Waals surface area contributed by atoms with Gasteiger partial charge in [-0.25, -0.2) is 5.43 Å². The van der Waals surface area contributed by atoms with E-state index in [-0.39, 0.29) is 24.3 Å². The number of H-pyrrole nitrogens is 1. The lowest BCUT2D eigenvalue weighted by molar-refractivity contribution is -0.129. The fourth-order valence-corrected chi connectivity index (χ4v) is 3.05. The maximum atomic E-state index is 12.0. The Hall–Kier alpha value is -2.63. The zero-order chi connectivity index (χ0) is 16.8. The molecule has 3 N–H and O–H groups in total. The van der Waals surface area contributed by atoms with E-state index in [1.807, 2.05) is 30.5 Å². The van der Waals surface area contributed by atoms with Crippen LogP contribution in [0.5, 0.6) is 0 Å². The number of rotatable bonds is 5. The number of fused-ring (bicyclic) bond motifs is 1. The van der Waals surface area contributed by atoms with Crippen LogP contribution in [-0.4, -0.2) is 29.6 Å². The number of hydrogen-bond donors (Lipinski definition) is 3. The van der Waals surface area contributed by atoms with Gasteiger partial charge in [-0.15, -0.1) is 0 Å². The minimum atomic E-state index is -0.321. The summed E-state index contributed by atoms with van der Waals surface area (Å²) >= 11 is 0. The first-order valence-corrected chi connectivity index (χ1v) is 8.39. The second kappa shape index (κ2) is 7.77. The van der Waals surface area contributed by atoms with Gasteiger partial charge in [0.2, 0.25) is 5.91 Å². The number of amides is 2. The maximum Gasteiger partial charge on any atom is 0.259 e. The number of benzene rings is 1. The van der Waals surface area contributed by atoms with Crippen LogP contribution in [0.15, 0.2) is 35.6 Å². The first kappa shape index (κ1) is 16.2. The molecule has 0 radical (unpaired) electrons. The van der Waals surface area contributed by atoms with E-state index in [0.29, 0.717) is 0 Å². The minimum absolute atomic E-state index is 0.0215. The normalized spacial score (nSPS) is 15.7. The summed E-state index contributed by atoms with van der Waals surface area (Å²) in [5.41, 5.74) is 4.39. The van der Waals surface area contributed by atoms with E-state index in [9.17, 15) is 9.59 Å². The highest BCUT2D eigenvalue weighted by Gasteiger charge is 2.21. The maximum absolute atomic E-state index is 12.0. The topological polar surface area (TPSA) is 86.3 Å². The van der Waals surface area contributed by atoms with Crippen LogP contribution in [0.3, 0.4) is 0 Å². The van der Waals surface area contributed by atoms with Crippen molar-refractivity contribution in [3.8, 4) is 0 Å². The first-order valence-electron chi connectivity index (χ1n) is 8.39. The van der Waals surface area contributed by atoms with E-state index >= 15 is 0 Å². The van der Waals surface area contributed by atoms with Crippen LogP contribution < -0.4 is 10.7 Å². The predicted molar refractivity (Wildman–Crippen MR) is 93.6 cm³/mol. The molecule has 1 aliphatic rings. The Morgan fingerprint density at radius 3 is 2.88 bits per heavy atom. The standard InChI is InChI=1S/C18H22N4O2/c23-17(12-20-18(24)14-4-2-1-3-5-14)22-21-11-13-6-7-16-15(10-13)8-9-19-16/h6-11,14,19H,1-5,12H2,(H,20,24)(H,22,23)/b21-11+. The molecule has 6 heteroatoms. The molecular formula is C18H22N4O2. The molecule has 1 heterocycles. The summed E-state index contributed by atoms with van der Waals surface area (Å²) in [6, 6.07) is 7.83.